The molecule has 2 aromatic carbocycles. The molecule has 0 saturated heterocycles. The Hall–Kier alpha value is -3.89. The second kappa shape index (κ2) is 6.87. The molecule has 4 N–H and O–H groups in total. The number of hydrogen-bond donors (Lipinski definition) is 2. The monoisotopic (exact) mass is 418 g/mol. The van der Waals surface area contributed by atoms with Crippen LogP contribution in [-0.2, 0) is 6.18 Å². The molecule has 0 amide bonds. The Morgan fingerprint density at radius 2 is 1.67 bits per heavy atom. The van der Waals surface area contributed by atoms with Gasteiger partial charge in [0.1, 0.15) is 11.3 Å². The van der Waals surface area contributed by atoms with Crippen LogP contribution in [-0.4, -0.2) is 19.5 Å². The number of anilines is 2. The first-order valence-electron chi connectivity index (χ1n) is 8.56. The largest absolute Gasteiger partial charge is 0.439 e. The van der Waals surface area contributed by atoms with E-state index in [0.29, 0.717) is 23.2 Å². The topological polar surface area (TPSA) is 105 Å². The van der Waals surface area contributed by atoms with Gasteiger partial charge in [-0.15, -0.1) is 0 Å². The number of hydrogen-bond acceptors (Lipinski definition) is 6. The van der Waals surface area contributed by atoms with Gasteiger partial charge in [-0.2, -0.15) is 18.2 Å². The molecule has 0 atom stereocenters. The predicted octanol–water partition coefficient (Wildman–Crippen LogP) is 4.24. The predicted molar refractivity (Wildman–Crippen MR) is 102 cm³/mol. The average Bonchev–Trinajstić information content (AvgIpc) is 2.97. The van der Waals surface area contributed by atoms with Crippen LogP contribution in [0.25, 0.3) is 16.7 Å². The zero-order valence-electron chi connectivity index (χ0n) is 15.4. The highest BCUT2D eigenvalue weighted by atomic mass is 19.4. The summed E-state index contributed by atoms with van der Waals surface area (Å²) < 4.78 is 60.3. The Morgan fingerprint density at radius 1 is 0.967 bits per heavy atom. The molecular formula is C19H14F4N6O. The number of halogens is 4. The lowest BCUT2D eigenvalue weighted by atomic mass is 10.1. The standard InChI is InChI=1S/C19H14F4N6O/c1-9-6-15(27-17(24)26-9)30-12-4-2-11(3-5-12)29-14-8-10(19(21,22)23)7-13(20)16(14)28-18(29)25/h2-8H,1H3,(H2,25,28)(H2,24,26,27). The summed E-state index contributed by atoms with van der Waals surface area (Å²) in [6.45, 7) is 1.73. The molecule has 0 spiro atoms. The van der Waals surface area contributed by atoms with E-state index in [1.165, 1.54) is 4.57 Å². The lowest BCUT2D eigenvalue weighted by Crippen LogP contribution is -2.06. The van der Waals surface area contributed by atoms with Gasteiger partial charge in [-0.05, 0) is 43.3 Å². The lowest BCUT2D eigenvalue weighted by molar-refractivity contribution is -0.137. The van der Waals surface area contributed by atoms with Gasteiger partial charge in [0.15, 0.2) is 5.82 Å². The van der Waals surface area contributed by atoms with E-state index in [9.17, 15) is 17.6 Å². The maximum Gasteiger partial charge on any atom is 0.416 e. The van der Waals surface area contributed by atoms with Crippen molar-refractivity contribution in [2.24, 2.45) is 0 Å². The van der Waals surface area contributed by atoms with Gasteiger partial charge in [-0.25, -0.2) is 14.4 Å². The summed E-state index contributed by atoms with van der Waals surface area (Å²) in [6.07, 6.45) is -4.71. The highest BCUT2D eigenvalue weighted by Gasteiger charge is 2.32. The average molecular weight is 418 g/mol. The Balaban J connectivity index is 1.73. The summed E-state index contributed by atoms with van der Waals surface area (Å²) >= 11 is 0. The smallest absolute Gasteiger partial charge is 0.416 e. The van der Waals surface area contributed by atoms with E-state index in [0.717, 1.165) is 6.07 Å². The Bertz CT molecular complexity index is 1230. The van der Waals surface area contributed by atoms with Crippen molar-refractivity contribution in [2.45, 2.75) is 13.1 Å². The minimum absolute atomic E-state index is 0.0572. The zero-order chi connectivity index (χ0) is 21.6. The Kier molecular flexibility index (Phi) is 4.45. The highest BCUT2D eigenvalue weighted by molar-refractivity contribution is 5.82. The molecule has 0 aliphatic heterocycles. The van der Waals surface area contributed by atoms with Crippen LogP contribution < -0.4 is 16.2 Å². The molecule has 0 aliphatic rings. The van der Waals surface area contributed by atoms with E-state index >= 15 is 0 Å². The molecule has 0 saturated carbocycles. The van der Waals surface area contributed by atoms with Crippen LogP contribution in [0.3, 0.4) is 0 Å². The number of ether oxygens (including phenoxy) is 1. The molecule has 2 heterocycles. The van der Waals surface area contributed by atoms with E-state index in [2.05, 4.69) is 15.0 Å². The van der Waals surface area contributed by atoms with Crippen molar-refractivity contribution in [1.82, 2.24) is 19.5 Å². The zero-order valence-corrected chi connectivity index (χ0v) is 15.4. The second-order valence-corrected chi connectivity index (χ2v) is 6.43. The number of nitrogen functional groups attached to an aromatic ring is 2. The molecule has 4 aromatic rings. The maximum absolute atomic E-state index is 14.2. The number of benzene rings is 2. The van der Waals surface area contributed by atoms with Crippen molar-refractivity contribution in [2.75, 3.05) is 11.5 Å². The fraction of sp³-hybridized carbons (Fsp3) is 0.105. The van der Waals surface area contributed by atoms with Crippen molar-refractivity contribution >= 4 is 22.9 Å². The van der Waals surface area contributed by atoms with Gasteiger partial charge in [0, 0.05) is 17.4 Å². The Morgan fingerprint density at radius 3 is 2.30 bits per heavy atom. The van der Waals surface area contributed by atoms with Crippen LogP contribution in [0, 0.1) is 12.7 Å². The number of alkyl halides is 3. The SMILES string of the molecule is Cc1cc(Oc2ccc(-n3c(N)nc4c(F)cc(C(F)(F)F)cc43)cc2)nc(N)n1. The molecule has 0 radical (unpaired) electrons. The van der Waals surface area contributed by atoms with Gasteiger partial charge in [0.05, 0.1) is 11.1 Å². The number of nitrogens with zero attached hydrogens (tertiary/aromatic N) is 4. The maximum atomic E-state index is 14.2. The first-order chi connectivity index (χ1) is 14.1. The number of nitrogens with two attached hydrogens (primary N) is 2. The minimum Gasteiger partial charge on any atom is -0.439 e. The fourth-order valence-corrected chi connectivity index (χ4v) is 2.99. The van der Waals surface area contributed by atoms with Crippen LogP contribution in [0.15, 0.2) is 42.5 Å². The molecule has 7 nitrogen and oxygen atoms in total. The van der Waals surface area contributed by atoms with Gasteiger partial charge in [0.25, 0.3) is 0 Å². The highest BCUT2D eigenvalue weighted by Crippen LogP contribution is 2.34. The first kappa shape index (κ1) is 19.4. The summed E-state index contributed by atoms with van der Waals surface area (Å²) in [5, 5.41) is 0. The molecule has 2 aromatic heterocycles. The molecule has 0 bridgehead atoms. The molecule has 0 aliphatic carbocycles. The second-order valence-electron chi connectivity index (χ2n) is 6.43. The number of imidazole rings is 1. The van der Waals surface area contributed by atoms with Gasteiger partial charge >= 0.3 is 6.18 Å². The van der Waals surface area contributed by atoms with Crippen molar-refractivity contribution in [3.63, 3.8) is 0 Å². The third-order valence-corrected chi connectivity index (χ3v) is 4.23. The normalized spacial score (nSPS) is 11.8. The van der Waals surface area contributed by atoms with Crippen molar-refractivity contribution in [1.29, 1.82) is 0 Å². The fourth-order valence-electron chi connectivity index (χ4n) is 2.99. The molecule has 11 heteroatoms. The molecular weight excluding hydrogens is 404 g/mol. The van der Waals surface area contributed by atoms with Gasteiger partial charge in [-0.3, -0.25) is 4.57 Å². The van der Waals surface area contributed by atoms with E-state index in [4.69, 9.17) is 16.2 Å². The summed E-state index contributed by atoms with van der Waals surface area (Å²) in [6, 6.07) is 8.98. The van der Waals surface area contributed by atoms with Crippen molar-refractivity contribution in [3.05, 3.63) is 59.5 Å². The van der Waals surface area contributed by atoms with Crippen molar-refractivity contribution < 1.29 is 22.3 Å². The molecule has 4 rings (SSSR count). The van der Waals surface area contributed by atoms with Crippen LogP contribution in [0.1, 0.15) is 11.3 Å². The van der Waals surface area contributed by atoms with E-state index in [-0.39, 0.29) is 28.8 Å². The third kappa shape index (κ3) is 3.56. The first-order valence-corrected chi connectivity index (χ1v) is 8.56. The molecule has 0 unspecified atom stereocenters. The minimum atomic E-state index is -4.71. The molecule has 154 valence electrons. The number of aromatic nitrogens is 4. The summed E-state index contributed by atoms with van der Waals surface area (Å²) in [5.74, 6) is -0.585. The summed E-state index contributed by atoms with van der Waals surface area (Å²) in [4.78, 5) is 11.8. The summed E-state index contributed by atoms with van der Waals surface area (Å²) in [7, 11) is 0. The van der Waals surface area contributed by atoms with Crippen LogP contribution in [0.4, 0.5) is 29.5 Å². The molecule has 30 heavy (non-hydrogen) atoms. The molecule has 0 fully saturated rings. The van der Waals surface area contributed by atoms with Crippen LogP contribution in [0.5, 0.6) is 11.6 Å². The number of rotatable bonds is 3. The van der Waals surface area contributed by atoms with E-state index < -0.39 is 17.6 Å². The van der Waals surface area contributed by atoms with E-state index in [1.54, 1.807) is 37.3 Å². The quantitative estimate of drug-likeness (QED) is 0.482. The Labute approximate surface area is 166 Å². The number of aryl methyl sites for hydroxylation is 1. The van der Waals surface area contributed by atoms with Crippen LogP contribution >= 0.6 is 0 Å². The van der Waals surface area contributed by atoms with Gasteiger partial charge in [-0.1, -0.05) is 0 Å². The summed E-state index contributed by atoms with van der Waals surface area (Å²) in [5.41, 5.74) is 10.9. The van der Waals surface area contributed by atoms with Crippen LogP contribution in [0.2, 0.25) is 0 Å². The number of fused-ring (bicyclic) bond motifs is 1. The lowest BCUT2D eigenvalue weighted by Gasteiger charge is -2.11. The third-order valence-electron chi connectivity index (χ3n) is 4.23. The van der Waals surface area contributed by atoms with E-state index in [1.807, 2.05) is 0 Å². The van der Waals surface area contributed by atoms with Gasteiger partial charge in [0.2, 0.25) is 17.8 Å². The van der Waals surface area contributed by atoms with Gasteiger partial charge < -0.3 is 16.2 Å². The van der Waals surface area contributed by atoms with Crippen molar-refractivity contribution in [3.8, 4) is 17.3 Å².